The highest BCUT2D eigenvalue weighted by molar-refractivity contribution is 5.91. The zero-order valence-corrected chi connectivity index (χ0v) is 58.5. The first-order valence-electron chi connectivity index (χ1n) is 31.6. The third-order valence-electron chi connectivity index (χ3n) is 13.2. The number of hydrogen-bond acceptors (Lipinski definition) is 27. The summed E-state index contributed by atoms with van der Waals surface area (Å²) >= 11 is 0. The van der Waals surface area contributed by atoms with E-state index in [0.717, 1.165) is 0 Å². The first-order chi connectivity index (χ1) is 45.1. The number of aliphatic hydroxyl groups excluding tert-OH is 3. The molecular formula is C66H112N6O24. The smallest absolute Gasteiger partial charge is 0.333 e. The Balaban J connectivity index is 0. The topological polar surface area (TPSA) is 397 Å². The Morgan fingerprint density at radius 2 is 0.552 bits per heavy atom. The standard InChI is InChI=1S/C36H65N3O12.C30H47N3O12/c1-11-36(21-46-15-27(8)37-12-30(40)18-49-33(43)24(2)3,22-47-16-28(9)38-13-31(41)19-50-34(44)25(4)5)23-48-17-29(10)39-14-32(42)20-51-35(45)26(6)7;1-8-30(18-40-12-9-31-24(34)15-43-27(37)21(2)3,19-41-13-10-32-25(35)16-44-28(38)22(4)5)20-42-14-11-33-26(36)17-45-29(39)23(6)7/h27-32,37-42H,2,4,6,11-23H2,1,3,5,7-10H3;2,4,6,8-20H2,1,3,5,7H3,(H,31,34)(H,32,35)(H,33,36). The minimum atomic E-state index is -0.890. The van der Waals surface area contributed by atoms with Crippen LogP contribution in [0.15, 0.2) is 72.9 Å². The summed E-state index contributed by atoms with van der Waals surface area (Å²) in [5, 5.41) is 47.7. The minimum absolute atomic E-state index is 0.122. The van der Waals surface area contributed by atoms with Crippen LogP contribution in [0.1, 0.15) is 89.0 Å². The molecule has 0 spiro atoms. The third kappa shape index (κ3) is 48.0. The highest BCUT2D eigenvalue weighted by Gasteiger charge is 2.32. The molecule has 0 heterocycles. The van der Waals surface area contributed by atoms with E-state index in [1.54, 1.807) is 0 Å². The van der Waals surface area contributed by atoms with Crippen molar-refractivity contribution in [1.29, 1.82) is 0 Å². The van der Waals surface area contributed by atoms with Gasteiger partial charge in [-0.15, -0.1) is 0 Å². The van der Waals surface area contributed by atoms with E-state index in [4.69, 9.17) is 56.8 Å². The summed E-state index contributed by atoms with van der Waals surface area (Å²) in [4.78, 5) is 105. The van der Waals surface area contributed by atoms with Gasteiger partial charge in [-0.3, -0.25) is 14.4 Å². The lowest BCUT2D eigenvalue weighted by atomic mass is 9.88. The molecule has 0 aliphatic carbocycles. The molecule has 0 fully saturated rings. The van der Waals surface area contributed by atoms with Gasteiger partial charge in [-0.1, -0.05) is 53.3 Å². The van der Waals surface area contributed by atoms with Gasteiger partial charge in [0.15, 0.2) is 19.8 Å². The van der Waals surface area contributed by atoms with Gasteiger partial charge < -0.3 is 104 Å². The van der Waals surface area contributed by atoms with Crippen LogP contribution in [0.2, 0.25) is 0 Å². The van der Waals surface area contributed by atoms with E-state index in [2.05, 4.69) is 71.4 Å². The van der Waals surface area contributed by atoms with Gasteiger partial charge in [-0.2, -0.15) is 0 Å². The molecule has 96 heavy (non-hydrogen) atoms. The number of carbonyl (C=O) groups is 9. The Hall–Kier alpha value is -6.81. The van der Waals surface area contributed by atoms with Crippen LogP contribution in [0.25, 0.3) is 0 Å². The molecule has 0 saturated carbocycles. The van der Waals surface area contributed by atoms with Crippen LogP contribution in [0.4, 0.5) is 0 Å². The largest absolute Gasteiger partial charge is 0.460 e. The highest BCUT2D eigenvalue weighted by Crippen LogP contribution is 2.26. The first kappa shape index (κ1) is 91.2. The van der Waals surface area contributed by atoms with Crippen molar-refractivity contribution in [3.63, 3.8) is 0 Å². The van der Waals surface area contributed by atoms with Gasteiger partial charge >= 0.3 is 35.8 Å². The number of nitrogens with one attached hydrogen (secondary N) is 6. The molecule has 30 heteroatoms. The van der Waals surface area contributed by atoms with Crippen LogP contribution in [0, 0.1) is 10.8 Å². The second-order valence-corrected chi connectivity index (χ2v) is 23.6. The van der Waals surface area contributed by atoms with Crippen LogP contribution in [0.3, 0.4) is 0 Å². The van der Waals surface area contributed by atoms with Gasteiger partial charge in [-0.05, 0) is 75.2 Å². The van der Waals surface area contributed by atoms with E-state index in [0.29, 0.717) is 52.5 Å². The quantitative estimate of drug-likeness (QED) is 0.0177. The van der Waals surface area contributed by atoms with Crippen molar-refractivity contribution in [2.24, 2.45) is 10.8 Å². The molecule has 0 bridgehead atoms. The Morgan fingerprint density at radius 1 is 0.344 bits per heavy atom. The van der Waals surface area contributed by atoms with Gasteiger partial charge in [0.2, 0.25) is 0 Å². The third-order valence-corrected chi connectivity index (χ3v) is 13.2. The van der Waals surface area contributed by atoms with E-state index in [9.17, 15) is 58.5 Å². The molecule has 9 N–H and O–H groups in total. The minimum Gasteiger partial charge on any atom is -0.460 e. The zero-order chi connectivity index (χ0) is 73.2. The van der Waals surface area contributed by atoms with Gasteiger partial charge in [0.1, 0.15) is 38.1 Å². The highest BCUT2D eigenvalue weighted by atomic mass is 16.6. The number of ether oxygens (including phenoxy) is 12. The molecule has 0 aliphatic heterocycles. The maximum absolute atomic E-state index is 11.9. The summed E-state index contributed by atoms with van der Waals surface area (Å²) in [5.74, 6) is -5.13. The Morgan fingerprint density at radius 3 is 0.760 bits per heavy atom. The molecule has 30 nitrogen and oxygen atoms in total. The van der Waals surface area contributed by atoms with Crippen LogP contribution < -0.4 is 31.9 Å². The molecule has 0 aliphatic rings. The fourth-order valence-corrected chi connectivity index (χ4v) is 7.04. The molecule has 0 saturated heterocycles. The van der Waals surface area contributed by atoms with Crippen molar-refractivity contribution >= 4 is 53.5 Å². The monoisotopic (exact) mass is 1370 g/mol. The number of aliphatic hydroxyl groups is 3. The first-order valence-corrected chi connectivity index (χ1v) is 31.6. The van der Waals surface area contributed by atoms with Crippen LogP contribution in [-0.2, 0) is 100.0 Å². The molecular weight excluding hydrogens is 1260 g/mol. The molecule has 0 aromatic heterocycles. The zero-order valence-electron chi connectivity index (χ0n) is 58.5. The average Bonchev–Trinajstić information content (AvgIpc) is 1.17. The van der Waals surface area contributed by atoms with Crippen molar-refractivity contribution in [2.45, 2.75) is 125 Å². The summed E-state index contributed by atoms with van der Waals surface area (Å²) in [7, 11) is 0. The molecule has 6 unspecified atom stereocenters. The fraction of sp³-hybridized carbons (Fsp3) is 0.682. The predicted molar refractivity (Wildman–Crippen MR) is 354 cm³/mol. The van der Waals surface area contributed by atoms with E-state index >= 15 is 0 Å². The summed E-state index contributed by atoms with van der Waals surface area (Å²) in [6.45, 7) is 41.9. The number of hydrogen-bond donors (Lipinski definition) is 9. The summed E-state index contributed by atoms with van der Waals surface area (Å²) < 4.78 is 65.1. The van der Waals surface area contributed by atoms with Crippen LogP contribution in [0.5, 0.6) is 0 Å². The molecule has 0 aromatic rings. The van der Waals surface area contributed by atoms with Crippen molar-refractivity contribution < 1.29 is 115 Å². The Bertz CT molecular complexity index is 2200. The van der Waals surface area contributed by atoms with Gasteiger partial charge in [0.05, 0.1) is 79.3 Å². The number of esters is 6. The van der Waals surface area contributed by atoms with Gasteiger partial charge in [-0.25, -0.2) is 28.8 Å². The summed E-state index contributed by atoms with van der Waals surface area (Å²) in [6.07, 6.45) is -1.43. The number of amides is 3. The molecule has 0 aromatic carbocycles. The lowest BCUT2D eigenvalue weighted by Crippen LogP contribution is -2.43. The maximum atomic E-state index is 11.9. The number of carbonyl (C=O) groups excluding carboxylic acids is 9. The Kier molecular flexibility index (Phi) is 50.6. The second-order valence-electron chi connectivity index (χ2n) is 23.6. The normalized spacial score (nSPS) is 13.6. The summed E-state index contributed by atoms with van der Waals surface area (Å²) in [5.41, 5.74) is 0.200. The average molecular weight is 1370 g/mol. The van der Waals surface area contributed by atoms with Crippen molar-refractivity contribution in [1.82, 2.24) is 31.9 Å². The molecule has 3 amide bonds. The molecule has 550 valence electrons. The fourth-order valence-electron chi connectivity index (χ4n) is 7.04. The number of rotatable bonds is 56. The predicted octanol–water partition coefficient (Wildman–Crippen LogP) is 0.947. The van der Waals surface area contributed by atoms with E-state index in [1.165, 1.54) is 41.5 Å². The van der Waals surface area contributed by atoms with Crippen LogP contribution in [-0.4, -0.2) is 263 Å². The van der Waals surface area contributed by atoms with E-state index in [1.807, 2.05) is 34.6 Å². The lowest BCUT2D eigenvalue weighted by molar-refractivity contribution is -0.144. The second kappa shape index (κ2) is 53.3. The van der Waals surface area contributed by atoms with E-state index < -0.39 is 102 Å². The van der Waals surface area contributed by atoms with Gasteiger partial charge in [0, 0.05) is 102 Å². The van der Waals surface area contributed by atoms with Crippen molar-refractivity contribution in [3.05, 3.63) is 72.9 Å². The van der Waals surface area contributed by atoms with Crippen molar-refractivity contribution in [3.8, 4) is 0 Å². The van der Waals surface area contributed by atoms with Crippen molar-refractivity contribution in [2.75, 3.05) is 158 Å². The lowest BCUT2D eigenvalue weighted by Gasteiger charge is -2.33. The maximum Gasteiger partial charge on any atom is 0.333 e. The van der Waals surface area contributed by atoms with E-state index in [-0.39, 0.29) is 150 Å². The SMILES string of the molecule is C=C(C)C(=O)OCC(=O)NCCOCC(CC)(COCCNC(=O)COC(=O)C(=C)C)COCCNC(=O)COC(=O)C(=C)C.C=C(C)C(=O)OCC(O)CNC(C)COCC(CC)(COCC(C)NCC(O)COC(=O)C(=C)C)COCC(C)NCC(O)COC(=O)C(=C)C. The van der Waals surface area contributed by atoms with Gasteiger partial charge in [0.25, 0.3) is 17.7 Å². The molecule has 6 atom stereocenters. The summed E-state index contributed by atoms with van der Waals surface area (Å²) in [6, 6.07) is -0.365. The molecule has 0 radical (unpaired) electrons. The Labute approximate surface area is 566 Å². The van der Waals surface area contributed by atoms with Crippen LogP contribution >= 0.6 is 0 Å². The molecule has 0 rings (SSSR count).